The maximum atomic E-state index is 13.4. The summed E-state index contributed by atoms with van der Waals surface area (Å²) in [5.74, 6) is -0.166. The molecule has 1 amide bonds. The van der Waals surface area contributed by atoms with Gasteiger partial charge in [-0.05, 0) is 23.1 Å². The van der Waals surface area contributed by atoms with E-state index >= 15 is 0 Å². The van der Waals surface area contributed by atoms with Crippen LogP contribution in [0.2, 0.25) is 0 Å². The van der Waals surface area contributed by atoms with Crippen molar-refractivity contribution in [2.45, 2.75) is 32.2 Å². The Labute approximate surface area is 198 Å². The van der Waals surface area contributed by atoms with Gasteiger partial charge >= 0.3 is 6.18 Å². The van der Waals surface area contributed by atoms with E-state index in [2.05, 4.69) is 5.32 Å². The molecule has 180 valence electrons. The SMILES string of the molecule is COc1cc(=O)n2c(c1C(=O)NCc1cccs1)CCN(Cc1ccccc1C(F)(F)F)CC2. The molecule has 0 saturated carbocycles. The summed E-state index contributed by atoms with van der Waals surface area (Å²) in [6, 6.07) is 10.6. The first-order valence-corrected chi connectivity index (χ1v) is 11.6. The van der Waals surface area contributed by atoms with Crippen LogP contribution in [0.15, 0.2) is 52.6 Å². The highest BCUT2D eigenvalue weighted by atomic mass is 32.1. The van der Waals surface area contributed by atoms with Gasteiger partial charge in [0.05, 0.1) is 19.2 Å². The Kier molecular flexibility index (Phi) is 7.08. The van der Waals surface area contributed by atoms with Crippen LogP contribution in [0, 0.1) is 0 Å². The molecule has 0 atom stereocenters. The molecule has 0 saturated heterocycles. The molecule has 0 bridgehead atoms. The van der Waals surface area contributed by atoms with Crippen LogP contribution in [0.25, 0.3) is 0 Å². The Bertz CT molecular complexity index is 1220. The molecular weight excluding hydrogens is 467 g/mol. The Hall–Kier alpha value is -3.11. The van der Waals surface area contributed by atoms with Gasteiger partial charge in [0.1, 0.15) is 11.3 Å². The average molecular weight is 492 g/mol. The molecule has 0 spiro atoms. The summed E-state index contributed by atoms with van der Waals surface area (Å²) >= 11 is 1.52. The number of methoxy groups -OCH3 is 1. The summed E-state index contributed by atoms with van der Waals surface area (Å²) in [5.41, 5.74) is 0.0269. The van der Waals surface area contributed by atoms with E-state index in [1.54, 1.807) is 6.07 Å². The number of fused-ring (bicyclic) bond motifs is 1. The second kappa shape index (κ2) is 10.0. The van der Waals surface area contributed by atoms with Crippen molar-refractivity contribution in [1.82, 2.24) is 14.8 Å². The van der Waals surface area contributed by atoms with Crippen molar-refractivity contribution < 1.29 is 22.7 Å². The summed E-state index contributed by atoms with van der Waals surface area (Å²) in [7, 11) is 1.40. The van der Waals surface area contributed by atoms with Gasteiger partial charge in [0.25, 0.3) is 11.5 Å². The van der Waals surface area contributed by atoms with E-state index in [9.17, 15) is 22.8 Å². The van der Waals surface area contributed by atoms with Crippen LogP contribution >= 0.6 is 11.3 Å². The molecule has 0 radical (unpaired) electrons. The Morgan fingerprint density at radius 2 is 1.94 bits per heavy atom. The molecule has 10 heteroatoms. The van der Waals surface area contributed by atoms with E-state index in [0.717, 1.165) is 10.9 Å². The molecule has 0 aliphatic carbocycles. The predicted octanol–water partition coefficient (Wildman–Crippen LogP) is 3.93. The lowest BCUT2D eigenvalue weighted by Gasteiger charge is -2.22. The fourth-order valence-electron chi connectivity index (χ4n) is 4.20. The number of carbonyl (C=O) groups excluding carboxylic acids is 1. The number of hydrogen-bond donors (Lipinski definition) is 1. The third-order valence-electron chi connectivity index (χ3n) is 5.85. The molecule has 0 unspecified atom stereocenters. The first kappa shape index (κ1) is 24.0. The number of ether oxygens (including phenoxy) is 1. The van der Waals surface area contributed by atoms with Crippen molar-refractivity contribution in [1.29, 1.82) is 0 Å². The van der Waals surface area contributed by atoms with Crippen molar-refractivity contribution in [3.8, 4) is 5.75 Å². The lowest BCUT2D eigenvalue weighted by atomic mass is 10.1. The number of amides is 1. The number of aromatic nitrogens is 1. The molecule has 4 rings (SSSR count). The molecule has 0 fully saturated rings. The van der Waals surface area contributed by atoms with Crippen molar-refractivity contribution in [3.63, 3.8) is 0 Å². The van der Waals surface area contributed by atoms with Gasteiger partial charge in [-0.2, -0.15) is 13.2 Å². The highest BCUT2D eigenvalue weighted by Gasteiger charge is 2.33. The molecule has 1 N–H and O–H groups in total. The molecule has 1 aliphatic rings. The second-order valence-electron chi connectivity index (χ2n) is 7.97. The number of nitrogens with one attached hydrogen (secondary N) is 1. The maximum absolute atomic E-state index is 13.4. The molecule has 34 heavy (non-hydrogen) atoms. The highest BCUT2D eigenvalue weighted by Crippen LogP contribution is 2.32. The number of halogens is 3. The number of alkyl halides is 3. The Morgan fingerprint density at radius 3 is 2.65 bits per heavy atom. The minimum atomic E-state index is -4.44. The zero-order valence-electron chi connectivity index (χ0n) is 18.5. The van der Waals surface area contributed by atoms with E-state index < -0.39 is 11.7 Å². The van der Waals surface area contributed by atoms with Crippen molar-refractivity contribution in [2.24, 2.45) is 0 Å². The van der Waals surface area contributed by atoms with Crippen LogP contribution in [-0.4, -0.2) is 35.6 Å². The molecule has 1 aromatic carbocycles. The first-order chi connectivity index (χ1) is 16.3. The summed E-state index contributed by atoms with van der Waals surface area (Å²) < 4.78 is 47.2. The summed E-state index contributed by atoms with van der Waals surface area (Å²) in [6.45, 7) is 1.47. The lowest BCUT2D eigenvalue weighted by molar-refractivity contribution is -0.138. The van der Waals surface area contributed by atoms with Gasteiger partial charge in [-0.1, -0.05) is 24.3 Å². The third-order valence-corrected chi connectivity index (χ3v) is 6.73. The standard InChI is InChI=1S/C24H24F3N3O3S/c1-33-20-13-21(31)30-11-10-29(15-16-5-2-3-7-18(16)24(25,26)27)9-8-19(30)22(20)23(32)28-14-17-6-4-12-34-17/h2-7,12-13H,8-11,14-15H2,1H3,(H,28,32). The topological polar surface area (TPSA) is 63.6 Å². The minimum absolute atomic E-state index is 0.0927. The van der Waals surface area contributed by atoms with Crippen LogP contribution in [0.5, 0.6) is 5.75 Å². The molecular formula is C24H24F3N3O3S. The third kappa shape index (κ3) is 5.18. The van der Waals surface area contributed by atoms with Gasteiger partial charge in [-0.25, -0.2) is 0 Å². The average Bonchev–Trinajstić information content (AvgIpc) is 3.24. The van der Waals surface area contributed by atoms with Gasteiger partial charge in [0, 0.05) is 49.2 Å². The van der Waals surface area contributed by atoms with Gasteiger partial charge in [0.2, 0.25) is 0 Å². The molecule has 1 aliphatic heterocycles. The van der Waals surface area contributed by atoms with Gasteiger partial charge in [-0.15, -0.1) is 11.3 Å². The van der Waals surface area contributed by atoms with Gasteiger partial charge < -0.3 is 14.6 Å². The summed E-state index contributed by atoms with van der Waals surface area (Å²) in [5, 5.41) is 4.80. The summed E-state index contributed by atoms with van der Waals surface area (Å²) in [4.78, 5) is 28.7. The number of thiophene rings is 1. The van der Waals surface area contributed by atoms with E-state index in [4.69, 9.17) is 4.74 Å². The van der Waals surface area contributed by atoms with Gasteiger partial charge in [0.15, 0.2) is 0 Å². The van der Waals surface area contributed by atoms with Crippen molar-refractivity contribution in [2.75, 3.05) is 20.2 Å². The van der Waals surface area contributed by atoms with Crippen LogP contribution in [0.3, 0.4) is 0 Å². The van der Waals surface area contributed by atoms with E-state index in [1.807, 2.05) is 22.4 Å². The Morgan fingerprint density at radius 1 is 1.15 bits per heavy atom. The number of benzene rings is 1. The van der Waals surface area contributed by atoms with Crippen LogP contribution in [-0.2, 0) is 32.2 Å². The zero-order valence-corrected chi connectivity index (χ0v) is 19.3. The minimum Gasteiger partial charge on any atom is -0.496 e. The van der Waals surface area contributed by atoms with Crippen LogP contribution < -0.4 is 15.6 Å². The van der Waals surface area contributed by atoms with E-state index in [0.29, 0.717) is 31.7 Å². The smallest absolute Gasteiger partial charge is 0.416 e. The zero-order chi connectivity index (χ0) is 24.3. The largest absolute Gasteiger partial charge is 0.496 e. The fourth-order valence-corrected chi connectivity index (χ4v) is 4.85. The van der Waals surface area contributed by atoms with Crippen molar-refractivity contribution in [3.05, 3.63) is 85.5 Å². The number of pyridine rings is 1. The maximum Gasteiger partial charge on any atom is 0.416 e. The molecule has 3 aromatic rings. The summed E-state index contributed by atoms with van der Waals surface area (Å²) in [6.07, 6.45) is -4.12. The normalized spacial score (nSPS) is 14.4. The molecule has 2 aromatic heterocycles. The van der Waals surface area contributed by atoms with Crippen LogP contribution in [0.1, 0.15) is 32.1 Å². The number of rotatable bonds is 6. The first-order valence-electron chi connectivity index (χ1n) is 10.8. The fraction of sp³-hybridized carbons (Fsp3) is 0.333. The number of nitrogens with zero attached hydrogens (tertiary/aromatic N) is 2. The predicted molar refractivity (Wildman–Crippen MR) is 123 cm³/mol. The monoisotopic (exact) mass is 491 g/mol. The highest BCUT2D eigenvalue weighted by molar-refractivity contribution is 7.09. The Balaban J connectivity index is 1.59. The van der Waals surface area contributed by atoms with Gasteiger partial charge in [-0.3, -0.25) is 14.5 Å². The van der Waals surface area contributed by atoms with E-state index in [1.165, 1.54) is 41.2 Å². The number of carbonyl (C=O) groups is 1. The molecule has 6 nitrogen and oxygen atoms in total. The van der Waals surface area contributed by atoms with Crippen LogP contribution in [0.4, 0.5) is 13.2 Å². The number of hydrogen-bond acceptors (Lipinski definition) is 5. The van der Waals surface area contributed by atoms with Crippen molar-refractivity contribution >= 4 is 17.2 Å². The van der Waals surface area contributed by atoms with E-state index in [-0.39, 0.29) is 41.4 Å². The second-order valence-corrected chi connectivity index (χ2v) is 9.00. The lowest BCUT2D eigenvalue weighted by Crippen LogP contribution is -2.31. The molecule has 3 heterocycles. The quantitative estimate of drug-likeness (QED) is 0.568.